The lowest BCUT2D eigenvalue weighted by Crippen LogP contribution is -2.64. The Morgan fingerprint density at radius 2 is 1.24 bits per heavy atom. The number of aliphatic hydroxyl groups is 5. The van der Waals surface area contributed by atoms with Crippen molar-refractivity contribution < 1.29 is 59.5 Å². The first-order valence-electron chi connectivity index (χ1n) is 7.38. The van der Waals surface area contributed by atoms with Crippen molar-refractivity contribution in [1.82, 2.24) is 0 Å². The second-order valence-corrected chi connectivity index (χ2v) is 5.92. The van der Waals surface area contributed by atoms with E-state index >= 15 is 0 Å². The number of carbonyl (C=O) groups is 2. The molecule has 7 N–H and O–H groups in total. The van der Waals surface area contributed by atoms with Gasteiger partial charge in [-0.05, 0) is 6.92 Å². The molecule has 144 valence electrons. The Bertz CT molecular complexity index is 511. The van der Waals surface area contributed by atoms with Gasteiger partial charge >= 0.3 is 11.9 Å². The Hall–Kier alpha value is -1.38. The van der Waals surface area contributed by atoms with Crippen molar-refractivity contribution in [3.8, 4) is 0 Å². The van der Waals surface area contributed by atoms with Crippen LogP contribution in [0.5, 0.6) is 0 Å². The number of aliphatic hydroxyl groups excluding tert-OH is 5. The molecule has 0 saturated carbocycles. The molecule has 12 nitrogen and oxygen atoms in total. The summed E-state index contributed by atoms with van der Waals surface area (Å²) in [7, 11) is 0. The number of ether oxygens (including phenoxy) is 3. The van der Waals surface area contributed by atoms with Gasteiger partial charge in [-0.1, -0.05) is 0 Å². The highest BCUT2D eigenvalue weighted by atomic mass is 16.7. The van der Waals surface area contributed by atoms with Crippen LogP contribution in [0.1, 0.15) is 6.92 Å². The van der Waals surface area contributed by atoms with Crippen LogP contribution >= 0.6 is 0 Å². The van der Waals surface area contributed by atoms with Crippen molar-refractivity contribution in [3.63, 3.8) is 0 Å². The molecule has 0 radical (unpaired) electrons. The van der Waals surface area contributed by atoms with Gasteiger partial charge in [0.25, 0.3) is 0 Å². The number of hydrogen-bond acceptors (Lipinski definition) is 10. The molecule has 2 aliphatic rings. The third-order valence-corrected chi connectivity index (χ3v) is 4.17. The topological polar surface area (TPSA) is 203 Å². The van der Waals surface area contributed by atoms with Crippen molar-refractivity contribution in [3.05, 3.63) is 0 Å². The molecule has 12 heteroatoms. The van der Waals surface area contributed by atoms with Crippen molar-refractivity contribution >= 4 is 11.9 Å². The Morgan fingerprint density at radius 1 is 0.760 bits per heavy atom. The van der Waals surface area contributed by atoms with E-state index in [1.165, 1.54) is 6.92 Å². The summed E-state index contributed by atoms with van der Waals surface area (Å²) in [4.78, 5) is 22.0. The summed E-state index contributed by atoms with van der Waals surface area (Å²) in [6.07, 6.45) is -17.2. The van der Waals surface area contributed by atoms with Gasteiger partial charge in [-0.15, -0.1) is 0 Å². The molecule has 0 aliphatic carbocycles. The summed E-state index contributed by atoms with van der Waals surface area (Å²) in [5.74, 6) is -3.12. The minimum absolute atomic E-state index is 1.08. The van der Waals surface area contributed by atoms with E-state index in [9.17, 15) is 35.1 Å². The van der Waals surface area contributed by atoms with Crippen LogP contribution in [0, 0.1) is 0 Å². The van der Waals surface area contributed by atoms with Crippen LogP contribution in [0.2, 0.25) is 0 Å². The highest BCUT2D eigenvalue weighted by Crippen LogP contribution is 2.29. The summed E-state index contributed by atoms with van der Waals surface area (Å²) < 4.78 is 15.2. The fourth-order valence-electron chi connectivity index (χ4n) is 2.76. The molecule has 10 atom stereocenters. The maximum atomic E-state index is 11.0. The Balaban J connectivity index is 2.14. The fourth-order valence-corrected chi connectivity index (χ4v) is 2.76. The normalized spacial score (nSPS) is 48.1. The fraction of sp³-hybridized carbons (Fsp3) is 0.846. The van der Waals surface area contributed by atoms with Gasteiger partial charge in [-0.25, -0.2) is 9.59 Å². The third-order valence-electron chi connectivity index (χ3n) is 4.17. The van der Waals surface area contributed by atoms with Gasteiger partial charge in [-0.2, -0.15) is 0 Å². The highest BCUT2D eigenvalue weighted by molar-refractivity contribution is 5.73. The summed E-state index contributed by atoms with van der Waals surface area (Å²) in [6.45, 7) is 1.32. The number of carboxylic acids is 2. The first kappa shape index (κ1) is 19.9. The van der Waals surface area contributed by atoms with Gasteiger partial charge in [0.05, 0.1) is 6.10 Å². The average Bonchev–Trinajstić information content (AvgIpc) is 2.53. The van der Waals surface area contributed by atoms with Crippen molar-refractivity contribution in [2.45, 2.75) is 68.1 Å². The maximum Gasteiger partial charge on any atom is 0.335 e. The lowest BCUT2D eigenvalue weighted by Gasteiger charge is -2.44. The van der Waals surface area contributed by atoms with Crippen LogP contribution in [0.15, 0.2) is 0 Å². The molecule has 6 unspecified atom stereocenters. The zero-order valence-electron chi connectivity index (χ0n) is 12.9. The largest absolute Gasteiger partial charge is 0.479 e. The van der Waals surface area contributed by atoms with Gasteiger partial charge in [-0.3, -0.25) is 0 Å². The Kier molecular flexibility index (Phi) is 5.96. The van der Waals surface area contributed by atoms with Crippen molar-refractivity contribution in [2.75, 3.05) is 0 Å². The molecule has 2 aliphatic heterocycles. The molecule has 25 heavy (non-hydrogen) atoms. The van der Waals surface area contributed by atoms with E-state index < -0.39 is 73.2 Å². The zero-order chi connectivity index (χ0) is 19.0. The van der Waals surface area contributed by atoms with Crippen molar-refractivity contribution in [1.29, 1.82) is 0 Å². The summed E-state index contributed by atoms with van der Waals surface area (Å²) in [6, 6.07) is 0. The van der Waals surface area contributed by atoms with Gasteiger partial charge in [0, 0.05) is 0 Å². The molecule has 0 aromatic carbocycles. The van der Waals surface area contributed by atoms with E-state index in [4.69, 9.17) is 24.4 Å². The summed E-state index contributed by atoms with van der Waals surface area (Å²) in [5, 5.41) is 66.9. The Morgan fingerprint density at radius 3 is 1.76 bits per heavy atom. The second-order valence-electron chi connectivity index (χ2n) is 5.92. The van der Waals surface area contributed by atoms with Gasteiger partial charge in [0.15, 0.2) is 18.5 Å². The average molecular weight is 368 g/mol. The minimum atomic E-state index is -1.92. The molecule has 0 aromatic rings. The number of hydrogen-bond donors (Lipinski definition) is 7. The number of carboxylic acid groups (broad SMARTS) is 2. The Labute approximate surface area is 140 Å². The molecule has 2 rings (SSSR count). The third kappa shape index (κ3) is 3.75. The lowest BCUT2D eigenvalue weighted by molar-refractivity contribution is -0.332. The summed E-state index contributed by atoms with van der Waals surface area (Å²) >= 11 is 0. The van der Waals surface area contributed by atoms with Crippen LogP contribution in [-0.4, -0.2) is 109 Å². The lowest BCUT2D eigenvalue weighted by atomic mass is 9.94. The van der Waals surface area contributed by atoms with Gasteiger partial charge < -0.3 is 50.0 Å². The first-order valence-corrected chi connectivity index (χ1v) is 7.38. The SMILES string of the molecule is C[C@H]1OC(C(=O)O)[C@@H](O)C(O)C1O[C@@H]1OC(C(=O)O)[C@@H](O)C(O)C1O. The molecule has 0 amide bonds. The van der Waals surface area contributed by atoms with Gasteiger partial charge in [0.1, 0.15) is 36.6 Å². The molecule has 2 saturated heterocycles. The van der Waals surface area contributed by atoms with E-state index in [0.717, 1.165) is 0 Å². The van der Waals surface area contributed by atoms with Crippen LogP contribution in [0.3, 0.4) is 0 Å². The monoisotopic (exact) mass is 368 g/mol. The smallest absolute Gasteiger partial charge is 0.335 e. The van der Waals surface area contributed by atoms with E-state index in [0.29, 0.717) is 0 Å². The standard InChI is InChI=1S/C13H20O12/c1-2-8(5(16)6(17)9(23-2)11(19)20)24-13-7(18)3(14)4(15)10(25-13)12(21)22/h2-10,13-18H,1H3,(H,19,20)(H,21,22)/t2-,3?,4+,5?,6+,7?,8?,9?,10?,13-/m1/s1. The van der Waals surface area contributed by atoms with E-state index in [2.05, 4.69) is 0 Å². The molecular formula is C13H20O12. The maximum absolute atomic E-state index is 11.0. The van der Waals surface area contributed by atoms with Crippen LogP contribution in [0.4, 0.5) is 0 Å². The zero-order valence-corrected chi connectivity index (χ0v) is 12.9. The predicted molar refractivity (Wildman–Crippen MR) is 73.2 cm³/mol. The predicted octanol–water partition coefficient (Wildman–Crippen LogP) is -4.14. The molecule has 0 aromatic heterocycles. The number of rotatable bonds is 4. The van der Waals surface area contributed by atoms with Gasteiger partial charge in [0.2, 0.25) is 0 Å². The first-order chi connectivity index (χ1) is 11.6. The molecule has 2 fully saturated rings. The van der Waals surface area contributed by atoms with E-state index in [1.54, 1.807) is 0 Å². The van der Waals surface area contributed by atoms with E-state index in [-0.39, 0.29) is 0 Å². The molecule has 0 spiro atoms. The summed E-state index contributed by atoms with van der Waals surface area (Å²) in [5.41, 5.74) is 0. The van der Waals surface area contributed by atoms with E-state index in [1.807, 2.05) is 0 Å². The number of aliphatic carboxylic acids is 2. The molecular weight excluding hydrogens is 348 g/mol. The molecule has 2 heterocycles. The molecule has 0 bridgehead atoms. The van der Waals surface area contributed by atoms with Crippen LogP contribution in [-0.2, 0) is 23.8 Å². The quantitative estimate of drug-likeness (QED) is 0.253. The van der Waals surface area contributed by atoms with Crippen molar-refractivity contribution in [2.24, 2.45) is 0 Å². The minimum Gasteiger partial charge on any atom is -0.479 e. The second kappa shape index (κ2) is 7.47. The van der Waals surface area contributed by atoms with Crippen LogP contribution < -0.4 is 0 Å². The highest BCUT2D eigenvalue weighted by Gasteiger charge is 2.52. The van der Waals surface area contributed by atoms with Crippen LogP contribution in [0.25, 0.3) is 0 Å².